The number of benzene rings is 1. The summed E-state index contributed by atoms with van der Waals surface area (Å²) in [5.74, 6) is -1.48. The predicted molar refractivity (Wildman–Crippen MR) is 59.4 cm³/mol. The molecule has 2 N–H and O–H groups in total. The fourth-order valence-electron chi connectivity index (χ4n) is 2.48. The molecule has 94 valence electrons. The lowest BCUT2D eigenvalue weighted by atomic mass is 9.78. The third-order valence-corrected chi connectivity index (χ3v) is 3.43. The van der Waals surface area contributed by atoms with E-state index in [1.165, 1.54) is 0 Å². The molecule has 1 unspecified atom stereocenters. The van der Waals surface area contributed by atoms with Crippen LogP contribution < -0.4 is 0 Å². The van der Waals surface area contributed by atoms with E-state index < -0.39 is 23.3 Å². The van der Waals surface area contributed by atoms with Crippen LogP contribution in [0.25, 0.3) is 0 Å². The molecule has 0 amide bonds. The minimum absolute atomic E-state index is 0.104. The normalized spacial score (nSPS) is 21.2. The molecule has 0 aromatic heterocycles. The molecule has 1 saturated carbocycles. The molecule has 1 aliphatic carbocycles. The molecule has 1 aromatic rings. The van der Waals surface area contributed by atoms with E-state index >= 15 is 0 Å². The van der Waals surface area contributed by atoms with E-state index in [0.717, 1.165) is 37.5 Å². The van der Waals surface area contributed by atoms with Gasteiger partial charge in [0.25, 0.3) is 0 Å². The van der Waals surface area contributed by atoms with Crippen molar-refractivity contribution < 1.29 is 19.0 Å². The molecule has 2 nitrogen and oxygen atoms in total. The lowest BCUT2D eigenvalue weighted by molar-refractivity contribution is -0.0993. The molecule has 0 saturated heterocycles. The van der Waals surface area contributed by atoms with Crippen molar-refractivity contribution in [2.75, 3.05) is 0 Å². The second-order valence-electron chi connectivity index (χ2n) is 4.77. The molecular formula is C13H16F2O2. The van der Waals surface area contributed by atoms with Crippen LogP contribution in [0.4, 0.5) is 8.78 Å². The summed E-state index contributed by atoms with van der Waals surface area (Å²) < 4.78 is 26.1. The highest BCUT2D eigenvalue weighted by Gasteiger charge is 2.37. The molecule has 0 spiro atoms. The lowest BCUT2D eigenvalue weighted by Crippen LogP contribution is -2.38. The van der Waals surface area contributed by atoms with Crippen LogP contribution in [0.2, 0.25) is 0 Å². The lowest BCUT2D eigenvalue weighted by Gasteiger charge is -2.36. The number of aliphatic hydroxyl groups excluding tert-OH is 1. The first-order valence-electron chi connectivity index (χ1n) is 5.88. The van der Waals surface area contributed by atoms with Gasteiger partial charge in [0.15, 0.2) is 0 Å². The molecule has 1 aliphatic rings. The highest BCUT2D eigenvalue weighted by atomic mass is 19.1. The van der Waals surface area contributed by atoms with Gasteiger partial charge in [-0.15, -0.1) is 0 Å². The first-order valence-corrected chi connectivity index (χ1v) is 5.88. The Bertz CT molecular complexity index is 380. The third-order valence-electron chi connectivity index (χ3n) is 3.43. The Morgan fingerprint density at radius 1 is 1.00 bits per heavy atom. The van der Waals surface area contributed by atoms with E-state index in [2.05, 4.69) is 0 Å². The van der Waals surface area contributed by atoms with E-state index in [4.69, 9.17) is 0 Å². The second-order valence-corrected chi connectivity index (χ2v) is 4.77. The largest absolute Gasteiger partial charge is 0.387 e. The van der Waals surface area contributed by atoms with Crippen LogP contribution in [0.1, 0.15) is 43.8 Å². The summed E-state index contributed by atoms with van der Waals surface area (Å²) in [5, 5.41) is 20.4. The van der Waals surface area contributed by atoms with E-state index in [9.17, 15) is 19.0 Å². The Kier molecular flexibility index (Phi) is 3.45. The van der Waals surface area contributed by atoms with Crippen molar-refractivity contribution >= 4 is 0 Å². The quantitative estimate of drug-likeness (QED) is 0.837. The van der Waals surface area contributed by atoms with Gasteiger partial charge in [0.05, 0.1) is 5.60 Å². The van der Waals surface area contributed by atoms with Crippen LogP contribution in [0, 0.1) is 11.6 Å². The Morgan fingerprint density at radius 3 is 2.06 bits per heavy atom. The van der Waals surface area contributed by atoms with Crippen molar-refractivity contribution in [3.8, 4) is 0 Å². The monoisotopic (exact) mass is 242 g/mol. The molecule has 4 heteroatoms. The summed E-state index contributed by atoms with van der Waals surface area (Å²) in [6.45, 7) is 0. The molecular weight excluding hydrogens is 226 g/mol. The molecule has 0 aliphatic heterocycles. The maximum Gasteiger partial charge on any atom is 0.126 e. The molecule has 1 aromatic carbocycles. The smallest absolute Gasteiger partial charge is 0.126 e. The summed E-state index contributed by atoms with van der Waals surface area (Å²) in [5.41, 5.74) is -1.15. The van der Waals surface area contributed by atoms with Gasteiger partial charge in [-0.05, 0) is 30.5 Å². The van der Waals surface area contributed by atoms with Crippen molar-refractivity contribution in [2.24, 2.45) is 0 Å². The van der Waals surface area contributed by atoms with Gasteiger partial charge in [0.1, 0.15) is 17.7 Å². The van der Waals surface area contributed by atoms with Crippen LogP contribution in [0.3, 0.4) is 0 Å². The first kappa shape index (κ1) is 12.5. The molecule has 0 bridgehead atoms. The number of rotatable bonds is 2. The van der Waals surface area contributed by atoms with Crippen LogP contribution in [-0.4, -0.2) is 15.8 Å². The van der Waals surface area contributed by atoms with E-state index in [1.54, 1.807) is 0 Å². The summed E-state index contributed by atoms with van der Waals surface area (Å²) in [7, 11) is 0. The summed E-state index contributed by atoms with van der Waals surface area (Å²) in [6.07, 6.45) is 2.37. The van der Waals surface area contributed by atoms with Crippen LogP contribution in [0.5, 0.6) is 0 Å². The molecule has 2 rings (SSSR count). The fourth-order valence-corrected chi connectivity index (χ4v) is 2.48. The van der Waals surface area contributed by atoms with Crippen molar-refractivity contribution in [1.82, 2.24) is 0 Å². The Labute approximate surface area is 98.9 Å². The minimum atomic E-state index is -1.25. The zero-order valence-corrected chi connectivity index (χ0v) is 9.50. The minimum Gasteiger partial charge on any atom is -0.387 e. The molecule has 1 fully saturated rings. The van der Waals surface area contributed by atoms with Crippen LogP contribution in [0.15, 0.2) is 18.2 Å². The highest BCUT2D eigenvalue weighted by Crippen LogP contribution is 2.38. The number of halogens is 2. The van der Waals surface area contributed by atoms with Gasteiger partial charge in [0, 0.05) is 6.07 Å². The Morgan fingerprint density at radius 2 is 1.53 bits per heavy atom. The van der Waals surface area contributed by atoms with Crippen LogP contribution in [-0.2, 0) is 0 Å². The van der Waals surface area contributed by atoms with Gasteiger partial charge in [-0.2, -0.15) is 0 Å². The zero-order valence-electron chi connectivity index (χ0n) is 9.50. The number of hydrogen-bond acceptors (Lipinski definition) is 2. The summed E-state index contributed by atoms with van der Waals surface area (Å²) in [4.78, 5) is 0. The zero-order chi connectivity index (χ0) is 12.5. The number of aliphatic hydroxyl groups is 2. The maximum absolute atomic E-state index is 13.0. The Hall–Kier alpha value is -1.00. The average Bonchev–Trinajstić information content (AvgIpc) is 2.27. The van der Waals surface area contributed by atoms with Crippen molar-refractivity contribution in [1.29, 1.82) is 0 Å². The first-order chi connectivity index (χ1) is 8.01. The van der Waals surface area contributed by atoms with Gasteiger partial charge in [-0.25, -0.2) is 8.78 Å². The van der Waals surface area contributed by atoms with E-state index in [-0.39, 0.29) is 5.56 Å². The van der Waals surface area contributed by atoms with Gasteiger partial charge < -0.3 is 10.2 Å². The van der Waals surface area contributed by atoms with E-state index in [0.29, 0.717) is 12.8 Å². The SMILES string of the molecule is OC(c1cc(F)cc(F)c1)C1(O)CCCCC1. The van der Waals surface area contributed by atoms with Crippen molar-refractivity contribution in [3.05, 3.63) is 35.4 Å². The van der Waals surface area contributed by atoms with Gasteiger partial charge in [0.2, 0.25) is 0 Å². The fraction of sp³-hybridized carbons (Fsp3) is 0.538. The molecule has 0 heterocycles. The number of hydrogen-bond donors (Lipinski definition) is 2. The maximum atomic E-state index is 13.0. The predicted octanol–water partition coefficient (Wildman–Crippen LogP) is 2.69. The third kappa shape index (κ3) is 2.64. The highest BCUT2D eigenvalue weighted by molar-refractivity contribution is 5.22. The summed E-state index contributed by atoms with van der Waals surface area (Å²) >= 11 is 0. The standard InChI is InChI=1S/C13H16F2O2/c14-10-6-9(7-11(15)8-10)12(16)13(17)4-2-1-3-5-13/h6-8,12,16-17H,1-5H2. The molecule has 1 atom stereocenters. The van der Waals surface area contributed by atoms with Crippen LogP contribution >= 0.6 is 0 Å². The average molecular weight is 242 g/mol. The Balaban J connectivity index is 2.26. The topological polar surface area (TPSA) is 40.5 Å². The van der Waals surface area contributed by atoms with Crippen molar-refractivity contribution in [3.63, 3.8) is 0 Å². The van der Waals surface area contributed by atoms with Gasteiger partial charge in [-0.1, -0.05) is 19.3 Å². The van der Waals surface area contributed by atoms with Gasteiger partial charge in [-0.3, -0.25) is 0 Å². The second kappa shape index (κ2) is 4.70. The van der Waals surface area contributed by atoms with E-state index in [1.807, 2.05) is 0 Å². The summed E-state index contributed by atoms with van der Waals surface area (Å²) in [6, 6.07) is 2.89. The van der Waals surface area contributed by atoms with Crippen molar-refractivity contribution in [2.45, 2.75) is 43.8 Å². The van der Waals surface area contributed by atoms with Gasteiger partial charge >= 0.3 is 0 Å². The molecule has 17 heavy (non-hydrogen) atoms. The molecule has 0 radical (unpaired) electrons.